The van der Waals surface area contributed by atoms with Crippen LogP contribution in [0.4, 0.5) is 0 Å². The van der Waals surface area contributed by atoms with Crippen molar-refractivity contribution >= 4 is 11.9 Å². The largest absolute Gasteiger partial charge is 0.452 e. The molecule has 17 heavy (non-hydrogen) atoms. The van der Waals surface area contributed by atoms with E-state index < -0.39 is 12.1 Å². The first-order valence-electron chi connectivity index (χ1n) is 6.51. The normalized spacial score (nSPS) is 12.3. The van der Waals surface area contributed by atoms with Crippen molar-refractivity contribution < 1.29 is 14.3 Å². The number of esters is 1. The van der Waals surface area contributed by atoms with E-state index in [2.05, 4.69) is 12.2 Å². The summed E-state index contributed by atoms with van der Waals surface area (Å²) in [6, 6.07) is 0. The van der Waals surface area contributed by atoms with E-state index >= 15 is 0 Å². The van der Waals surface area contributed by atoms with Gasteiger partial charge in [0.05, 0.1) is 0 Å². The van der Waals surface area contributed by atoms with Gasteiger partial charge in [0.15, 0.2) is 6.10 Å². The highest BCUT2D eigenvalue weighted by atomic mass is 16.5. The van der Waals surface area contributed by atoms with E-state index in [1.807, 2.05) is 13.8 Å². The van der Waals surface area contributed by atoms with Gasteiger partial charge in [-0.3, -0.25) is 9.59 Å². The molecule has 1 amide bonds. The first-order valence-corrected chi connectivity index (χ1v) is 6.51. The second kappa shape index (κ2) is 9.02. The molecular formula is C13H25NO3. The van der Waals surface area contributed by atoms with Crippen LogP contribution in [-0.4, -0.2) is 24.5 Å². The lowest BCUT2D eigenvalue weighted by Gasteiger charge is -2.23. The van der Waals surface area contributed by atoms with E-state index in [4.69, 9.17) is 4.74 Å². The van der Waals surface area contributed by atoms with Crippen LogP contribution in [0.25, 0.3) is 0 Å². The van der Waals surface area contributed by atoms with Crippen molar-refractivity contribution in [1.82, 2.24) is 5.32 Å². The summed E-state index contributed by atoms with van der Waals surface area (Å²) in [4.78, 5) is 22.9. The Labute approximate surface area is 104 Å². The smallest absolute Gasteiger partial charge is 0.303 e. The van der Waals surface area contributed by atoms with Crippen LogP contribution in [0, 0.1) is 5.92 Å². The quantitative estimate of drug-likeness (QED) is 0.525. The van der Waals surface area contributed by atoms with Gasteiger partial charge < -0.3 is 10.1 Å². The molecular weight excluding hydrogens is 218 g/mol. The molecule has 0 rings (SSSR count). The fourth-order valence-corrected chi connectivity index (χ4v) is 1.75. The summed E-state index contributed by atoms with van der Waals surface area (Å²) < 4.78 is 5.14. The van der Waals surface area contributed by atoms with Crippen molar-refractivity contribution in [3.63, 3.8) is 0 Å². The molecule has 0 spiro atoms. The van der Waals surface area contributed by atoms with Gasteiger partial charge in [0.25, 0.3) is 5.91 Å². The molecule has 0 heterocycles. The molecule has 0 aliphatic heterocycles. The molecule has 0 bridgehead atoms. The van der Waals surface area contributed by atoms with Crippen LogP contribution in [0.1, 0.15) is 53.4 Å². The van der Waals surface area contributed by atoms with Crippen LogP contribution in [0.2, 0.25) is 0 Å². The zero-order valence-corrected chi connectivity index (χ0v) is 11.4. The van der Waals surface area contributed by atoms with Gasteiger partial charge in [0.1, 0.15) is 0 Å². The summed E-state index contributed by atoms with van der Waals surface area (Å²) in [6.07, 6.45) is 3.00. The fourth-order valence-electron chi connectivity index (χ4n) is 1.75. The fraction of sp³-hybridized carbons (Fsp3) is 0.846. The van der Waals surface area contributed by atoms with E-state index in [1.54, 1.807) is 0 Å². The molecule has 0 radical (unpaired) electrons. The molecule has 0 aliphatic rings. The van der Waals surface area contributed by atoms with Gasteiger partial charge in [0.2, 0.25) is 0 Å². The van der Waals surface area contributed by atoms with E-state index in [1.165, 1.54) is 6.92 Å². The molecule has 0 aromatic rings. The van der Waals surface area contributed by atoms with Gasteiger partial charge >= 0.3 is 5.97 Å². The van der Waals surface area contributed by atoms with Crippen LogP contribution in [0.3, 0.4) is 0 Å². The van der Waals surface area contributed by atoms with Crippen molar-refractivity contribution in [2.24, 2.45) is 5.92 Å². The maximum atomic E-state index is 11.9. The lowest BCUT2D eigenvalue weighted by Crippen LogP contribution is -2.42. The Hall–Kier alpha value is -1.06. The van der Waals surface area contributed by atoms with E-state index in [0.717, 1.165) is 25.7 Å². The number of amides is 1. The molecule has 1 atom stereocenters. The molecule has 0 saturated heterocycles. The molecule has 4 heteroatoms. The zero-order chi connectivity index (χ0) is 13.3. The molecule has 0 aromatic heterocycles. The second-order valence-corrected chi connectivity index (χ2v) is 4.25. The van der Waals surface area contributed by atoms with Crippen LogP contribution in [-0.2, 0) is 14.3 Å². The predicted molar refractivity (Wildman–Crippen MR) is 67.5 cm³/mol. The van der Waals surface area contributed by atoms with Crippen molar-refractivity contribution in [3.8, 4) is 0 Å². The first kappa shape index (κ1) is 15.9. The average Bonchev–Trinajstić information content (AvgIpc) is 2.29. The lowest BCUT2D eigenvalue weighted by atomic mass is 9.95. The van der Waals surface area contributed by atoms with Gasteiger partial charge in [-0.2, -0.15) is 0 Å². The van der Waals surface area contributed by atoms with Gasteiger partial charge in [-0.1, -0.05) is 27.2 Å². The highest BCUT2D eigenvalue weighted by Gasteiger charge is 2.28. The van der Waals surface area contributed by atoms with Crippen molar-refractivity contribution in [3.05, 3.63) is 0 Å². The lowest BCUT2D eigenvalue weighted by molar-refractivity contribution is -0.157. The van der Waals surface area contributed by atoms with Crippen LogP contribution < -0.4 is 5.32 Å². The molecule has 0 aromatic carbocycles. The first-order chi connectivity index (χ1) is 8.06. The van der Waals surface area contributed by atoms with Crippen molar-refractivity contribution in [2.75, 3.05) is 6.54 Å². The number of carbonyl (C=O) groups is 2. The van der Waals surface area contributed by atoms with Gasteiger partial charge in [-0.15, -0.1) is 0 Å². The minimum absolute atomic E-state index is 0.0977. The third kappa shape index (κ3) is 6.29. The number of hydrogen-bond donors (Lipinski definition) is 1. The van der Waals surface area contributed by atoms with Gasteiger partial charge in [-0.25, -0.2) is 0 Å². The maximum absolute atomic E-state index is 11.9. The van der Waals surface area contributed by atoms with Crippen LogP contribution >= 0.6 is 0 Å². The zero-order valence-electron chi connectivity index (χ0n) is 11.4. The maximum Gasteiger partial charge on any atom is 0.303 e. The average molecular weight is 243 g/mol. The third-order valence-corrected chi connectivity index (χ3v) is 2.86. The Bertz CT molecular complexity index is 237. The summed E-state index contributed by atoms with van der Waals surface area (Å²) in [5.74, 6) is -0.463. The summed E-state index contributed by atoms with van der Waals surface area (Å²) in [7, 11) is 0. The Kier molecular flexibility index (Phi) is 8.46. The van der Waals surface area contributed by atoms with Crippen molar-refractivity contribution in [2.45, 2.75) is 59.5 Å². The highest BCUT2D eigenvalue weighted by molar-refractivity contribution is 5.83. The predicted octanol–water partition coefficient (Wildman–Crippen LogP) is 2.27. The molecule has 1 N–H and O–H groups in total. The Morgan fingerprint density at radius 1 is 1.18 bits per heavy atom. The molecule has 0 saturated carbocycles. The summed E-state index contributed by atoms with van der Waals surface area (Å²) in [6.45, 7) is 8.06. The standard InChI is InChI=1S/C13H25NO3/c1-5-8-9-14-13(16)12(17-10(4)15)11(6-2)7-3/h11-12H,5-9H2,1-4H3,(H,14,16). The van der Waals surface area contributed by atoms with E-state index in [0.29, 0.717) is 6.54 Å². The monoisotopic (exact) mass is 243 g/mol. The molecule has 100 valence electrons. The third-order valence-electron chi connectivity index (χ3n) is 2.86. The topological polar surface area (TPSA) is 55.4 Å². The Balaban J connectivity index is 4.43. The molecule has 4 nitrogen and oxygen atoms in total. The van der Waals surface area contributed by atoms with Gasteiger partial charge in [0, 0.05) is 19.4 Å². The minimum Gasteiger partial charge on any atom is -0.452 e. The number of unbranched alkanes of at least 4 members (excludes halogenated alkanes) is 1. The number of nitrogens with one attached hydrogen (secondary N) is 1. The Morgan fingerprint density at radius 2 is 1.76 bits per heavy atom. The highest BCUT2D eigenvalue weighted by Crippen LogP contribution is 2.16. The number of rotatable bonds is 8. The second-order valence-electron chi connectivity index (χ2n) is 4.25. The Morgan fingerprint density at radius 3 is 2.18 bits per heavy atom. The number of carbonyl (C=O) groups excluding carboxylic acids is 2. The van der Waals surface area contributed by atoms with E-state index in [-0.39, 0.29) is 11.8 Å². The molecule has 0 fully saturated rings. The van der Waals surface area contributed by atoms with E-state index in [9.17, 15) is 9.59 Å². The molecule has 1 unspecified atom stereocenters. The summed E-state index contributed by atoms with van der Waals surface area (Å²) >= 11 is 0. The number of ether oxygens (including phenoxy) is 1. The van der Waals surface area contributed by atoms with Crippen molar-refractivity contribution in [1.29, 1.82) is 0 Å². The molecule has 0 aliphatic carbocycles. The summed E-state index contributed by atoms with van der Waals surface area (Å²) in [5, 5.41) is 2.82. The minimum atomic E-state index is -0.639. The van der Waals surface area contributed by atoms with Crippen LogP contribution in [0.5, 0.6) is 0 Å². The van der Waals surface area contributed by atoms with Crippen LogP contribution in [0.15, 0.2) is 0 Å². The van der Waals surface area contributed by atoms with Gasteiger partial charge in [-0.05, 0) is 19.3 Å². The summed E-state index contributed by atoms with van der Waals surface area (Å²) in [5.41, 5.74) is 0. The SMILES string of the molecule is CCCCNC(=O)C(OC(C)=O)C(CC)CC. The number of hydrogen-bond acceptors (Lipinski definition) is 3.